The summed E-state index contributed by atoms with van der Waals surface area (Å²) < 4.78 is 31.6. The smallest absolute Gasteiger partial charge is 0.298 e. The number of rotatable bonds is 6. The van der Waals surface area contributed by atoms with Gasteiger partial charge in [-0.25, -0.2) is 13.4 Å². The second-order valence-corrected chi connectivity index (χ2v) is 10.6. The maximum absolute atomic E-state index is 11.7. The van der Waals surface area contributed by atoms with Crippen molar-refractivity contribution in [3.05, 3.63) is 72.3 Å². The average Bonchev–Trinajstić information content (AvgIpc) is 3.45. The fraction of sp³-hybridized carbons (Fsp3) is 0.333. The Balaban J connectivity index is 1.24. The van der Waals surface area contributed by atoms with Crippen molar-refractivity contribution in [3.63, 3.8) is 0 Å². The summed E-state index contributed by atoms with van der Waals surface area (Å²) in [6.45, 7) is 6.41. The van der Waals surface area contributed by atoms with Gasteiger partial charge in [0.05, 0.1) is 23.0 Å². The van der Waals surface area contributed by atoms with Gasteiger partial charge in [0.15, 0.2) is 15.4 Å². The molecule has 0 bridgehead atoms. The first kappa shape index (κ1) is 21.7. The Bertz CT molecular complexity index is 1320. The van der Waals surface area contributed by atoms with Crippen LogP contribution >= 0.6 is 0 Å². The highest BCUT2D eigenvalue weighted by Crippen LogP contribution is 2.25. The summed E-state index contributed by atoms with van der Waals surface area (Å²) >= 11 is 0. The van der Waals surface area contributed by atoms with E-state index < -0.39 is 9.84 Å². The molecule has 0 aliphatic carbocycles. The lowest BCUT2D eigenvalue weighted by Crippen LogP contribution is -2.46. The molecule has 8 nitrogen and oxygen atoms in total. The minimum absolute atomic E-state index is 0.0529. The van der Waals surface area contributed by atoms with Crippen LogP contribution in [0.25, 0.3) is 11.1 Å². The highest BCUT2D eigenvalue weighted by molar-refractivity contribution is 7.90. The molecule has 0 radical (unpaired) electrons. The molecule has 4 aromatic rings. The van der Waals surface area contributed by atoms with E-state index in [1.165, 1.54) is 6.26 Å². The molecule has 0 spiro atoms. The number of nitrogens with zero attached hydrogens (tertiary/aromatic N) is 5. The van der Waals surface area contributed by atoms with E-state index in [1.807, 2.05) is 48.9 Å². The summed E-state index contributed by atoms with van der Waals surface area (Å²) in [5.41, 5.74) is 3.88. The fourth-order valence-electron chi connectivity index (χ4n) is 4.28. The van der Waals surface area contributed by atoms with Crippen LogP contribution in [0.5, 0.6) is 0 Å². The van der Waals surface area contributed by atoms with E-state index in [9.17, 15) is 8.42 Å². The lowest BCUT2D eigenvalue weighted by molar-refractivity contribution is 0.239. The Morgan fingerprint density at radius 2 is 1.76 bits per heavy atom. The van der Waals surface area contributed by atoms with Crippen LogP contribution in [-0.2, 0) is 16.4 Å². The number of sulfone groups is 1. The Kier molecular flexibility index (Phi) is 5.67. The first-order chi connectivity index (χ1) is 15.9. The van der Waals surface area contributed by atoms with Gasteiger partial charge in [0, 0.05) is 45.2 Å². The molecule has 1 saturated heterocycles. The number of anilines is 1. The maximum atomic E-state index is 11.7. The standard InChI is InChI=1S/C24H27N5O3S/c1-18(19-7-9-21(10-8-19)33(2,30)31)29-17-25-15-20(29)16-27-11-13-28(14-12-27)24-26-22-5-3-4-6-23(22)32-24/h3-10,15,17-18H,11-14,16H2,1-2H3. The number of para-hydroxylation sites is 2. The topological polar surface area (TPSA) is 84.5 Å². The Labute approximate surface area is 193 Å². The second kappa shape index (κ2) is 8.64. The molecule has 1 unspecified atom stereocenters. The Hall–Kier alpha value is -3.17. The molecular formula is C24H27N5O3S. The van der Waals surface area contributed by atoms with Gasteiger partial charge in [-0.15, -0.1) is 0 Å². The van der Waals surface area contributed by atoms with Crippen LogP contribution < -0.4 is 4.90 Å². The van der Waals surface area contributed by atoms with Crippen LogP contribution in [0.2, 0.25) is 0 Å². The number of aromatic nitrogens is 3. The summed E-state index contributed by atoms with van der Waals surface area (Å²) in [4.78, 5) is 13.9. The van der Waals surface area contributed by atoms with E-state index >= 15 is 0 Å². The van der Waals surface area contributed by atoms with Crippen molar-refractivity contribution >= 4 is 27.0 Å². The fourth-order valence-corrected chi connectivity index (χ4v) is 4.91. The third-order valence-electron chi connectivity index (χ3n) is 6.27. The Morgan fingerprint density at radius 3 is 2.45 bits per heavy atom. The molecule has 2 aromatic heterocycles. The molecule has 3 heterocycles. The van der Waals surface area contributed by atoms with E-state index in [2.05, 4.69) is 31.3 Å². The third-order valence-corrected chi connectivity index (χ3v) is 7.39. The van der Waals surface area contributed by atoms with Crippen LogP contribution in [0, 0.1) is 0 Å². The molecule has 5 rings (SSSR count). The number of imidazole rings is 1. The van der Waals surface area contributed by atoms with E-state index in [0.29, 0.717) is 10.9 Å². The first-order valence-electron chi connectivity index (χ1n) is 11.0. The van der Waals surface area contributed by atoms with Gasteiger partial charge in [0.25, 0.3) is 6.01 Å². The van der Waals surface area contributed by atoms with Crippen LogP contribution in [0.15, 0.2) is 70.4 Å². The van der Waals surface area contributed by atoms with Gasteiger partial charge in [-0.2, -0.15) is 4.98 Å². The predicted molar refractivity (Wildman–Crippen MR) is 127 cm³/mol. The molecule has 0 saturated carbocycles. The number of benzene rings is 2. The van der Waals surface area contributed by atoms with Gasteiger partial charge in [0.2, 0.25) is 0 Å². The molecular weight excluding hydrogens is 438 g/mol. The zero-order chi connectivity index (χ0) is 23.0. The first-order valence-corrected chi connectivity index (χ1v) is 12.9. The number of piperazine rings is 1. The van der Waals surface area contributed by atoms with Crippen LogP contribution in [0.3, 0.4) is 0 Å². The van der Waals surface area contributed by atoms with Crippen LogP contribution in [-0.4, -0.2) is 60.3 Å². The summed E-state index contributed by atoms with van der Waals surface area (Å²) in [7, 11) is -3.20. The lowest BCUT2D eigenvalue weighted by Gasteiger charge is -2.34. The van der Waals surface area contributed by atoms with E-state index in [4.69, 9.17) is 4.42 Å². The van der Waals surface area contributed by atoms with Crippen LogP contribution in [0.4, 0.5) is 6.01 Å². The van der Waals surface area contributed by atoms with Gasteiger partial charge in [0.1, 0.15) is 5.52 Å². The normalized spacial score (nSPS) is 16.4. The number of oxazole rings is 1. The maximum Gasteiger partial charge on any atom is 0.298 e. The molecule has 0 amide bonds. The van der Waals surface area contributed by atoms with Crippen molar-refractivity contribution < 1.29 is 12.8 Å². The average molecular weight is 466 g/mol. The van der Waals surface area contributed by atoms with Crippen molar-refractivity contribution in [2.45, 2.75) is 24.4 Å². The van der Waals surface area contributed by atoms with E-state index in [-0.39, 0.29) is 6.04 Å². The highest BCUT2D eigenvalue weighted by atomic mass is 32.2. The largest absolute Gasteiger partial charge is 0.423 e. The van der Waals surface area contributed by atoms with Crippen molar-refractivity contribution in [2.75, 3.05) is 37.3 Å². The monoisotopic (exact) mass is 465 g/mol. The number of hydrogen-bond acceptors (Lipinski definition) is 7. The molecule has 9 heteroatoms. The lowest BCUT2D eigenvalue weighted by atomic mass is 10.1. The molecule has 0 N–H and O–H groups in total. The molecule has 2 aromatic carbocycles. The summed E-state index contributed by atoms with van der Waals surface area (Å²) in [6, 6.07) is 15.7. The minimum Gasteiger partial charge on any atom is -0.423 e. The van der Waals surface area contributed by atoms with Gasteiger partial charge in [-0.3, -0.25) is 4.90 Å². The second-order valence-electron chi connectivity index (χ2n) is 8.54. The zero-order valence-electron chi connectivity index (χ0n) is 18.8. The van der Waals surface area contributed by atoms with Crippen molar-refractivity contribution in [3.8, 4) is 0 Å². The number of fused-ring (bicyclic) bond motifs is 1. The van der Waals surface area contributed by atoms with Gasteiger partial charge in [-0.1, -0.05) is 24.3 Å². The summed E-state index contributed by atoms with van der Waals surface area (Å²) in [5, 5.41) is 0. The van der Waals surface area contributed by atoms with Crippen LogP contribution in [0.1, 0.15) is 24.2 Å². The van der Waals surface area contributed by atoms with Crippen molar-refractivity contribution in [1.29, 1.82) is 0 Å². The van der Waals surface area contributed by atoms with Crippen molar-refractivity contribution in [1.82, 2.24) is 19.4 Å². The summed E-state index contributed by atoms with van der Waals surface area (Å²) in [5.74, 6) is 0. The molecule has 1 aliphatic heterocycles. The summed E-state index contributed by atoms with van der Waals surface area (Å²) in [6.07, 6.45) is 4.98. The van der Waals surface area contributed by atoms with Gasteiger partial charge >= 0.3 is 0 Å². The molecule has 1 atom stereocenters. The SMILES string of the molecule is CC(c1ccc(S(C)(=O)=O)cc1)n1cncc1CN1CCN(c2nc3ccccc3o2)CC1. The highest BCUT2D eigenvalue weighted by Gasteiger charge is 2.22. The third kappa shape index (κ3) is 4.51. The van der Waals surface area contributed by atoms with Crippen molar-refractivity contribution in [2.24, 2.45) is 0 Å². The minimum atomic E-state index is -3.20. The predicted octanol–water partition coefficient (Wildman–Crippen LogP) is 3.36. The quantitative estimate of drug-likeness (QED) is 0.432. The number of hydrogen-bond donors (Lipinski definition) is 0. The zero-order valence-corrected chi connectivity index (χ0v) is 19.6. The van der Waals surface area contributed by atoms with E-state index in [0.717, 1.165) is 55.1 Å². The molecule has 1 aliphatic rings. The molecule has 33 heavy (non-hydrogen) atoms. The molecule has 172 valence electrons. The Morgan fingerprint density at radius 1 is 1.03 bits per heavy atom. The molecule has 1 fully saturated rings. The van der Waals surface area contributed by atoms with Gasteiger partial charge < -0.3 is 13.9 Å². The van der Waals surface area contributed by atoms with E-state index in [1.54, 1.807) is 12.1 Å². The van der Waals surface area contributed by atoms with Gasteiger partial charge in [-0.05, 0) is 36.8 Å².